The van der Waals surface area contributed by atoms with E-state index < -0.39 is 0 Å². The summed E-state index contributed by atoms with van der Waals surface area (Å²) in [5.74, 6) is 0. The van der Waals surface area contributed by atoms with E-state index in [-0.39, 0.29) is 5.56 Å². The summed E-state index contributed by atoms with van der Waals surface area (Å²) in [6.45, 7) is 0.399. The number of pyridine rings is 1. The molecule has 0 aliphatic heterocycles. The van der Waals surface area contributed by atoms with Gasteiger partial charge in [-0.2, -0.15) is 0 Å². The Balaban J connectivity index is 1.95. The van der Waals surface area contributed by atoms with Crippen LogP contribution in [0.5, 0.6) is 0 Å². The van der Waals surface area contributed by atoms with Gasteiger partial charge in [0, 0.05) is 17.4 Å². The van der Waals surface area contributed by atoms with Gasteiger partial charge in [0.1, 0.15) is 6.61 Å². The summed E-state index contributed by atoms with van der Waals surface area (Å²) in [5.41, 5.74) is 5.42. The van der Waals surface area contributed by atoms with Crippen molar-refractivity contribution >= 4 is 10.8 Å². The second-order valence-corrected chi connectivity index (χ2v) is 5.40. The molecule has 0 atom stereocenters. The van der Waals surface area contributed by atoms with Crippen LogP contribution in [0.3, 0.4) is 0 Å². The maximum Gasteiger partial charge on any atom is 0.256 e. The molecule has 0 unspecified atom stereocenters. The molecule has 1 aliphatic carbocycles. The van der Waals surface area contributed by atoms with Crippen LogP contribution in [0.2, 0.25) is 0 Å². The molecule has 1 N–H and O–H groups in total. The summed E-state index contributed by atoms with van der Waals surface area (Å²) in [6, 6.07) is 13.8. The Bertz CT molecular complexity index is 927. The summed E-state index contributed by atoms with van der Waals surface area (Å²) in [6.07, 6.45) is 0.797. The lowest BCUT2D eigenvalue weighted by molar-refractivity contribution is -0.282. The monoisotopic (exact) mass is 293 g/mol. The normalized spacial score (nSPS) is 12.4. The Kier molecular flexibility index (Phi) is 3.06. The number of aromatic nitrogens is 1. The molecule has 0 saturated carbocycles. The van der Waals surface area contributed by atoms with Crippen molar-refractivity contribution in [2.45, 2.75) is 13.0 Å². The summed E-state index contributed by atoms with van der Waals surface area (Å²) in [7, 11) is 1.50. The average molecular weight is 293 g/mol. The number of H-pyrrole nitrogens is 1. The zero-order valence-corrected chi connectivity index (χ0v) is 12.2. The van der Waals surface area contributed by atoms with Gasteiger partial charge in [-0.15, -0.1) is 0 Å². The SMILES string of the molecule is COOCc1cccc2c1Cc1c-2[nH]c(=O)c2ccccc12. The first-order valence-electron chi connectivity index (χ1n) is 7.20. The Morgan fingerprint density at radius 2 is 1.86 bits per heavy atom. The van der Waals surface area contributed by atoms with Crippen molar-refractivity contribution in [3.8, 4) is 11.3 Å². The highest BCUT2D eigenvalue weighted by atomic mass is 17.2. The molecular formula is C18H15NO3. The highest BCUT2D eigenvalue weighted by Crippen LogP contribution is 2.39. The molecule has 0 amide bonds. The Labute approximate surface area is 127 Å². The Hall–Kier alpha value is -2.43. The number of benzene rings is 2. The number of hydrogen-bond acceptors (Lipinski definition) is 3. The van der Waals surface area contributed by atoms with E-state index in [0.717, 1.165) is 34.0 Å². The molecule has 0 bridgehead atoms. The molecule has 22 heavy (non-hydrogen) atoms. The standard InChI is InChI=1S/C18H15NO3/c1-21-22-10-11-5-4-8-13-15(11)9-16-12-6-2-3-7-14(12)18(20)19-17(13)16/h2-8H,9-10H2,1H3,(H,19,20). The molecule has 4 nitrogen and oxygen atoms in total. The van der Waals surface area contributed by atoms with Crippen molar-refractivity contribution in [1.82, 2.24) is 4.98 Å². The number of nitrogens with one attached hydrogen (secondary N) is 1. The third-order valence-electron chi connectivity index (χ3n) is 4.27. The highest BCUT2D eigenvalue weighted by molar-refractivity contribution is 5.93. The molecule has 3 aromatic rings. The zero-order valence-electron chi connectivity index (χ0n) is 12.2. The van der Waals surface area contributed by atoms with Gasteiger partial charge in [0.05, 0.1) is 12.8 Å². The van der Waals surface area contributed by atoms with Crippen molar-refractivity contribution in [2.75, 3.05) is 7.11 Å². The van der Waals surface area contributed by atoms with Crippen LogP contribution in [-0.2, 0) is 22.8 Å². The molecule has 2 aromatic carbocycles. The molecule has 4 rings (SSSR count). The number of fused-ring (bicyclic) bond motifs is 5. The quantitative estimate of drug-likeness (QED) is 0.466. The van der Waals surface area contributed by atoms with Crippen LogP contribution in [0, 0.1) is 0 Å². The topological polar surface area (TPSA) is 51.3 Å². The summed E-state index contributed by atoms with van der Waals surface area (Å²) < 4.78 is 0. The first kappa shape index (κ1) is 13.2. The third-order valence-corrected chi connectivity index (χ3v) is 4.27. The summed E-state index contributed by atoms with van der Waals surface area (Å²) in [4.78, 5) is 25.1. The van der Waals surface area contributed by atoms with Gasteiger partial charge < -0.3 is 4.98 Å². The smallest absolute Gasteiger partial charge is 0.256 e. The molecular weight excluding hydrogens is 278 g/mol. The van der Waals surface area contributed by atoms with Crippen molar-refractivity contribution in [2.24, 2.45) is 0 Å². The van der Waals surface area contributed by atoms with E-state index in [2.05, 4.69) is 4.98 Å². The highest BCUT2D eigenvalue weighted by Gasteiger charge is 2.24. The van der Waals surface area contributed by atoms with E-state index in [9.17, 15) is 4.79 Å². The maximum absolute atomic E-state index is 12.3. The Morgan fingerprint density at radius 3 is 2.68 bits per heavy atom. The van der Waals surface area contributed by atoms with Gasteiger partial charge in [0.2, 0.25) is 0 Å². The van der Waals surface area contributed by atoms with Gasteiger partial charge >= 0.3 is 0 Å². The van der Waals surface area contributed by atoms with Crippen LogP contribution in [0.15, 0.2) is 47.3 Å². The van der Waals surface area contributed by atoms with Crippen molar-refractivity contribution in [3.63, 3.8) is 0 Å². The number of aromatic amines is 1. The van der Waals surface area contributed by atoms with Gasteiger partial charge in [0.25, 0.3) is 5.56 Å². The second kappa shape index (κ2) is 5.09. The number of rotatable bonds is 3. The predicted molar refractivity (Wildman–Crippen MR) is 84.6 cm³/mol. The van der Waals surface area contributed by atoms with Crippen LogP contribution in [0.4, 0.5) is 0 Å². The van der Waals surface area contributed by atoms with Crippen molar-refractivity contribution < 1.29 is 9.78 Å². The van der Waals surface area contributed by atoms with Crippen LogP contribution in [-0.4, -0.2) is 12.1 Å². The summed E-state index contributed by atoms with van der Waals surface area (Å²) in [5, 5.41) is 1.76. The van der Waals surface area contributed by atoms with Gasteiger partial charge in [-0.3, -0.25) is 4.79 Å². The van der Waals surface area contributed by atoms with Crippen molar-refractivity contribution in [1.29, 1.82) is 0 Å². The van der Waals surface area contributed by atoms with Gasteiger partial charge in [-0.1, -0.05) is 36.4 Å². The molecule has 1 aliphatic rings. The van der Waals surface area contributed by atoms with E-state index >= 15 is 0 Å². The molecule has 1 heterocycles. The van der Waals surface area contributed by atoms with Crippen molar-refractivity contribution in [3.05, 3.63) is 69.5 Å². The van der Waals surface area contributed by atoms with E-state index in [1.807, 2.05) is 42.5 Å². The predicted octanol–water partition coefficient (Wildman–Crippen LogP) is 3.18. The molecule has 4 heteroatoms. The van der Waals surface area contributed by atoms with Gasteiger partial charge in [-0.05, 0) is 28.1 Å². The minimum atomic E-state index is -0.0410. The second-order valence-electron chi connectivity index (χ2n) is 5.40. The molecule has 0 radical (unpaired) electrons. The largest absolute Gasteiger partial charge is 0.321 e. The minimum Gasteiger partial charge on any atom is -0.321 e. The number of hydrogen-bond donors (Lipinski definition) is 1. The van der Waals surface area contributed by atoms with Crippen LogP contribution in [0.1, 0.15) is 16.7 Å². The summed E-state index contributed by atoms with van der Waals surface area (Å²) >= 11 is 0. The fourth-order valence-corrected chi connectivity index (χ4v) is 3.26. The lowest BCUT2D eigenvalue weighted by Gasteiger charge is -2.07. The van der Waals surface area contributed by atoms with E-state index in [4.69, 9.17) is 9.78 Å². The molecule has 0 fully saturated rings. The third kappa shape index (κ3) is 1.89. The van der Waals surface area contributed by atoms with E-state index in [0.29, 0.717) is 6.61 Å². The first-order valence-corrected chi connectivity index (χ1v) is 7.20. The fourth-order valence-electron chi connectivity index (χ4n) is 3.26. The lowest BCUT2D eigenvalue weighted by Crippen LogP contribution is -2.08. The lowest BCUT2D eigenvalue weighted by atomic mass is 10.0. The minimum absolute atomic E-state index is 0.0410. The van der Waals surface area contributed by atoms with E-state index in [1.165, 1.54) is 18.2 Å². The maximum atomic E-state index is 12.3. The molecule has 0 saturated heterocycles. The van der Waals surface area contributed by atoms with Gasteiger partial charge in [-0.25, -0.2) is 9.78 Å². The molecule has 0 spiro atoms. The molecule has 1 aromatic heterocycles. The van der Waals surface area contributed by atoms with Crippen LogP contribution >= 0.6 is 0 Å². The van der Waals surface area contributed by atoms with Crippen LogP contribution in [0.25, 0.3) is 22.0 Å². The molecule has 110 valence electrons. The fraction of sp³-hybridized carbons (Fsp3) is 0.167. The first-order chi connectivity index (χ1) is 10.8. The van der Waals surface area contributed by atoms with Crippen LogP contribution < -0.4 is 5.56 Å². The van der Waals surface area contributed by atoms with Gasteiger partial charge in [0.15, 0.2) is 0 Å². The van der Waals surface area contributed by atoms with E-state index in [1.54, 1.807) is 0 Å². The zero-order chi connectivity index (χ0) is 15.1. The average Bonchev–Trinajstić information content (AvgIpc) is 2.93. The Morgan fingerprint density at radius 1 is 1.05 bits per heavy atom.